The van der Waals surface area contributed by atoms with E-state index in [9.17, 15) is 4.79 Å². The molecular formula is C19H36N2O4S2. The summed E-state index contributed by atoms with van der Waals surface area (Å²) in [5.74, 6) is -0.315. The van der Waals surface area contributed by atoms with E-state index in [2.05, 4.69) is 29.0 Å². The topological polar surface area (TPSA) is 54.5 Å². The number of esters is 1. The van der Waals surface area contributed by atoms with Crippen molar-refractivity contribution in [1.29, 1.82) is 0 Å². The number of hydrogen-bond donors (Lipinski definition) is 0. The third kappa shape index (κ3) is 13.5. The quantitative estimate of drug-likeness (QED) is 0.0825. The minimum atomic E-state index is -0.315. The van der Waals surface area contributed by atoms with Crippen LogP contribution < -0.4 is 0 Å². The summed E-state index contributed by atoms with van der Waals surface area (Å²) in [5, 5.41) is 0. The molecule has 27 heavy (non-hydrogen) atoms. The van der Waals surface area contributed by atoms with Crippen molar-refractivity contribution in [2.75, 3.05) is 52.6 Å². The van der Waals surface area contributed by atoms with Crippen LogP contribution in [0.4, 0.5) is 0 Å². The van der Waals surface area contributed by atoms with E-state index in [1.807, 2.05) is 0 Å². The molecule has 1 aliphatic heterocycles. The molecule has 0 aromatic heterocycles. The molecule has 1 fully saturated rings. The summed E-state index contributed by atoms with van der Waals surface area (Å²) >= 11 is 0. The highest BCUT2D eigenvalue weighted by atomic mass is 33.1. The molecule has 1 unspecified atom stereocenters. The summed E-state index contributed by atoms with van der Waals surface area (Å²) in [5.41, 5.74) is 0.444. The Labute approximate surface area is 173 Å². The van der Waals surface area contributed by atoms with Gasteiger partial charge in [0, 0.05) is 53.7 Å². The Morgan fingerprint density at radius 2 is 1.63 bits per heavy atom. The molecule has 0 saturated carbocycles. The van der Waals surface area contributed by atoms with Gasteiger partial charge in [-0.1, -0.05) is 33.3 Å². The number of hydrogen-bond acceptors (Lipinski definition) is 8. The fourth-order valence-electron chi connectivity index (χ4n) is 2.04. The SMILES string of the molecule is C=C(C)C(=O)OCCN(CCCC)SSN(CCCC)CCOCC1CO1. The van der Waals surface area contributed by atoms with Gasteiger partial charge in [0.2, 0.25) is 0 Å². The summed E-state index contributed by atoms with van der Waals surface area (Å²) in [4.78, 5) is 11.5. The van der Waals surface area contributed by atoms with Crippen LogP contribution in [0.3, 0.4) is 0 Å². The Morgan fingerprint density at radius 1 is 1.07 bits per heavy atom. The van der Waals surface area contributed by atoms with Crippen LogP contribution in [-0.4, -0.2) is 73.3 Å². The average Bonchev–Trinajstić information content (AvgIpc) is 3.47. The van der Waals surface area contributed by atoms with Crippen molar-refractivity contribution < 1.29 is 19.0 Å². The lowest BCUT2D eigenvalue weighted by molar-refractivity contribution is -0.139. The lowest BCUT2D eigenvalue weighted by Gasteiger charge is -2.25. The van der Waals surface area contributed by atoms with Crippen molar-refractivity contribution in [2.24, 2.45) is 0 Å². The van der Waals surface area contributed by atoms with Crippen LogP contribution in [0.15, 0.2) is 12.2 Å². The molecule has 1 atom stereocenters. The van der Waals surface area contributed by atoms with Crippen LogP contribution in [0.1, 0.15) is 46.5 Å². The third-order valence-electron chi connectivity index (χ3n) is 3.88. The van der Waals surface area contributed by atoms with Crippen LogP contribution in [0.5, 0.6) is 0 Å². The van der Waals surface area contributed by atoms with Gasteiger partial charge in [-0.05, 0) is 19.8 Å². The van der Waals surface area contributed by atoms with E-state index in [-0.39, 0.29) is 5.97 Å². The van der Waals surface area contributed by atoms with Crippen molar-refractivity contribution in [3.05, 3.63) is 12.2 Å². The van der Waals surface area contributed by atoms with Crippen LogP contribution >= 0.6 is 22.0 Å². The predicted molar refractivity (Wildman–Crippen MR) is 114 cm³/mol. The maximum Gasteiger partial charge on any atom is 0.333 e. The molecule has 0 aromatic carbocycles. The summed E-state index contributed by atoms with van der Waals surface area (Å²) in [6.45, 7) is 16.0. The molecule has 0 bridgehead atoms. The zero-order chi connectivity index (χ0) is 19.9. The van der Waals surface area contributed by atoms with Crippen LogP contribution in [0.2, 0.25) is 0 Å². The molecule has 0 amide bonds. The van der Waals surface area contributed by atoms with Crippen LogP contribution in [0.25, 0.3) is 0 Å². The van der Waals surface area contributed by atoms with Gasteiger partial charge in [0.1, 0.15) is 12.7 Å². The molecule has 0 aliphatic carbocycles. The van der Waals surface area contributed by atoms with E-state index in [0.717, 1.165) is 45.7 Å². The molecule has 6 nitrogen and oxygen atoms in total. The van der Waals surface area contributed by atoms with Gasteiger partial charge in [-0.25, -0.2) is 13.4 Å². The number of carbonyl (C=O) groups is 1. The van der Waals surface area contributed by atoms with E-state index < -0.39 is 0 Å². The highest BCUT2D eigenvalue weighted by Gasteiger charge is 2.22. The van der Waals surface area contributed by atoms with Crippen LogP contribution in [0, 0.1) is 0 Å². The summed E-state index contributed by atoms with van der Waals surface area (Å²) in [6, 6.07) is 0. The molecule has 0 aromatic rings. The van der Waals surface area contributed by atoms with Gasteiger partial charge in [-0.3, -0.25) is 0 Å². The number of ether oxygens (including phenoxy) is 3. The van der Waals surface area contributed by atoms with Crippen molar-refractivity contribution in [2.45, 2.75) is 52.6 Å². The molecule has 0 spiro atoms. The van der Waals surface area contributed by atoms with Gasteiger partial charge in [0.25, 0.3) is 0 Å². The van der Waals surface area contributed by atoms with E-state index in [4.69, 9.17) is 14.2 Å². The summed E-state index contributed by atoms with van der Waals surface area (Å²) in [6.07, 6.45) is 4.94. The van der Waals surface area contributed by atoms with Gasteiger partial charge >= 0.3 is 5.97 Å². The normalized spacial score (nSPS) is 16.1. The Morgan fingerprint density at radius 3 is 2.11 bits per heavy atom. The number of nitrogens with zero attached hydrogens (tertiary/aromatic N) is 2. The maximum atomic E-state index is 11.5. The molecule has 158 valence electrons. The first-order valence-corrected chi connectivity index (χ1v) is 12.0. The summed E-state index contributed by atoms with van der Waals surface area (Å²) in [7, 11) is 3.50. The second-order valence-electron chi connectivity index (χ2n) is 6.66. The molecule has 1 heterocycles. The van der Waals surface area contributed by atoms with Crippen LogP contribution in [-0.2, 0) is 19.0 Å². The molecule has 1 aliphatic rings. The molecule has 1 rings (SSSR count). The standard InChI is InChI=1S/C19H36N2O4S2/c1-5-7-9-20(11-13-23-15-18-16-25-18)26-27-21(10-8-6-2)12-14-24-19(22)17(3)4/h18H,3,5-16H2,1-2,4H3. The molecule has 0 N–H and O–H groups in total. The maximum absolute atomic E-state index is 11.5. The summed E-state index contributed by atoms with van der Waals surface area (Å²) < 4.78 is 20.7. The largest absolute Gasteiger partial charge is 0.461 e. The zero-order valence-corrected chi connectivity index (χ0v) is 18.7. The second kappa shape index (κ2) is 15.6. The molecule has 8 heteroatoms. The predicted octanol–water partition coefficient (Wildman–Crippen LogP) is 3.94. The van der Waals surface area contributed by atoms with E-state index >= 15 is 0 Å². The Balaban J connectivity index is 2.32. The van der Waals surface area contributed by atoms with Gasteiger partial charge in [-0.2, -0.15) is 0 Å². The number of unbranched alkanes of at least 4 members (excludes halogenated alkanes) is 2. The van der Waals surface area contributed by atoms with Crippen molar-refractivity contribution in [1.82, 2.24) is 8.61 Å². The smallest absolute Gasteiger partial charge is 0.333 e. The lowest BCUT2D eigenvalue weighted by Crippen LogP contribution is -2.26. The molecular weight excluding hydrogens is 384 g/mol. The second-order valence-corrected chi connectivity index (χ2v) is 8.89. The third-order valence-corrected chi connectivity index (χ3v) is 6.56. The fraction of sp³-hybridized carbons (Fsp3) is 0.842. The number of carbonyl (C=O) groups excluding carboxylic acids is 1. The lowest BCUT2D eigenvalue weighted by atomic mass is 10.3. The van der Waals surface area contributed by atoms with Gasteiger partial charge in [0.05, 0.1) is 19.8 Å². The Hall–Kier alpha value is -0.250. The van der Waals surface area contributed by atoms with Crippen molar-refractivity contribution >= 4 is 27.9 Å². The molecule has 0 radical (unpaired) electrons. The fourth-order valence-corrected chi connectivity index (χ4v) is 4.40. The van der Waals surface area contributed by atoms with Crippen molar-refractivity contribution in [3.8, 4) is 0 Å². The number of epoxide rings is 1. The van der Waals surface area contributed by atoms with Gasteiger partial charge in [-0.15, -0.1) is 0 Å². The highest BCUT2D eigenvalue weighted by Crippen LogP contribution is 2.30. The van der Waals surface area contributed by atoms with Gasteiger partial charge < -0.3 is 14.2 Å². The van der Waals surface area contributed by atoms with Crippen molar-refractivity contribution in [3.63, 3.8) is 0 Å². The monoisotopic (exact) mass is 420 g/mol. The van der Waals surface area contributed by atoms with E-state index in [0.29, 0.717) is 31.4 Å². The first-order valence-electron chi connectivity index (χ1n) is 9.93. The van der Waals surface area contributed by atoms with E-state index in [1.165, 1.54) is 12.8 Å². The Bertz CT molecular complexity index is 423. The average molecular weight is 421 g/mol. The minimum absolute atomic E-state index is 0.315. The molecule has 1 saturated heterocycles. The minimum Gasteiger partial charge on any atom is -0.461 e. The Kier molecular flexibility index (Phi) is 14.4. The zero-order valence-electron chi connectivity index (χ0n) is 17.1. The first-order chi connectivity index (χ1) is 13.1. The highest BCUT2D eigenvalue weighted by molar-refractivity contribution is 8.74. The van der Waals surface area contributed by atoms with Gasteiger partial charge in [0.15, 0.2) is 0 Å². The van der Waals surface area contributed by atoms with E-state index in [1.54, 1.807) is 28.9 Å². The number of rotatable bonds is 18. The first kappa shape index (κ1) is 24.8.